The third-order valence-corrected chi connectivity index (χ3v) is 6.25. The van der Waals surface area contributed by atoms with Crippen LogP contribution in [-0.2, 0) is 11.3 Å². The molecule has 3 fully saturated rings. The van der Waals surface area contributed by atoms with Crippen molar-refractivity contribution in [3.63, 3.8) is 0 Å². The van der Waals surface area contributed by atoms with E-state index in [0.29, 0.717) is 19.0 Å². The van der Waals surface area contributed by atoms with E-state index >= 15 is 0 Å². The molecule has 27 heavy (non-hydrogen) atoms. The van der Waals surface area contributed by atoms with Crippen molar-refractivity contribution in [3.8, 4) is 0 Å². The van der Waals surface area contributed by atoms with Gasteiger partial charge < -0.3 is 10.2 Å². The maximum atomic E-state index is 13.5. The number of hydrogen-bond donors (Lipinski definition) is 1. The Morgan fingerprint density at radius 2 is 1.93 bits per heavy atom. The molecule has 4 rings (SSSR count). The van der Waals surface area contributed by atoms with E-state index in [2.05, 4.69) is 15.1 Å². The third-order valence-electron chi connectivity index (χ3n) is 6.25. The Morgan fingerprint density at radius 3 is 2.70 bits per heavy atom. The molecule has 1 atom stereocenters. The Hall–Kier alpha value is -1.53. The second-order valence-corrected chi connectivity index (χ2v) is 8.68. The molecule has 6 heteroatoms. The molecule has 1 aromatic carbocycles. The molecule has 1 amide bonds. The van der Waals surface area contributed by atoms with E-state index in [4.69, 9.17) is 0 Å². The van der Waals surface area contributed by atoms with Crippen molar-refractivity contribution in [1.82, 2.24) is 15.1 Å². The first kappa shape index (κ1) is 18.8. The van der Waals surface area contributed by atoms with E-state index in [1.165, 1.54) is 18.6 Å². The van der Waals surface area contributed by atoms with Crippen LogP contribution in [0.5, 0.6) is 0 Å². The van der Waals surface area contributed by atoms with Gasteiger partial charge in [0.1, 0.15) is 0 Å². The Morgan fingerprint density at radius 1 is 1.11 bits per heavy atom. The fourth-order valence-corrected chi connectivity index (χ4v) is 4.68. The fraction of sp³-hybridized carbons (Fsp3) is 0.667. The van der Waals surface area contributed by atoms with Gasteiger partial charge in [-0.25, -0.2) is 8.78 Å². The molecular weight excluding hydrogens is 348 g/mol. The lowest BCUT2D eigenvalue weighted by Crippen LogP contribution is -2.44. The summed E-state index contributed by atoms with van der Waals surface area (Å²) in [7, 11) is 0. The fourth-order valence-electron chi connectivity index (χ4n) is 4.68. The highest BCUT2D eigenvalue weighted by molar-refractivity contribution is 5.76. The maximum absolute atomic E-state index is 13.5. The van der Waals surface area contributed by atoms with Crippen molar-refractivity contribution in [2.45, 2.75) is 51.1 Å². The summed E-state index contributed by atoms with van der Waals surface area (Å²) in [5.41, 5.74) is 1.11. The molecule has 1 spiro atoms. The topological polar surface area (TPSA) is 35.6 Å². The summed E-state index contributed by atoms with van der Waals surface area (Å²) in [5, 5.41) is 3.06. The number of nitrogens with zero attached hydrogens (tertiary/aromatic N) is 2. The average molecular weight is 377 g/mol. The lowest BCUT2D eigenvalue weighted by molar-refractivity contribution is -0.121. The predicted molar refractivity (Wildman–Crippen MR) is 100 cm³/mol. The minimum atomic E-state index is -0.786. The Bertz CT molecular complexity index is 694. The van der Waals surface area contributed by atoms with Gasteiger partial charge in [-0.3, -0.25) is 9.69 Å². The number of hydrogen-bond acceptors (Lipinski definition) is 3. The summed E-state index contributed by atoms with van der Waals surface area (Å²) in [5.74, 6) is -1.37. The first-order valence-corrected chi connectivity index (χ1v) is 10.2. The molecule has 1 aliphatic carbocycles. The number of carbonyl (C=O) groups excluding carboxylic acids is 1. The molecule has 4 nitrogen and oxygen atoms in total. The number of amides is 1. The maximum Gasteiger partial charge on any atom is 0.221 e. The van der Waals surface area contributed by atoms with Gasteiger partial charge in [-0.15, -0.1) is 0 Å². The van der Waals surface area contributed by atoms with Crippen molar-refractivity contribution in [2.24, 2.45) is 5.41 Å². The molecule has 3 aliphatic rings. The van der Waals surface area contributed by atoms with Crippen molar-refractivity contribution >= 4 is 5.91 Å². The van der Waals surface area contributed by atoms with Crippen LogP contribution in [0.3, 0.4) is 0 Å². The molecule has 148 valence electrons. The Kier molecular flexibility index (Phi) is 5.46. The molecule has 0 aromatic heterocycles. The quantitative estimate of drug-likeness (QED) is 0.828. The highest BCUT2D eigenvalue weighted by atomic mass is 19.2. The van der Waals surface area contributed by atoms with Crippen LogP contribution in [0.25, 0.3) is 0 Å². The molecule has 1 aromatic rings. The molecule has 1 saturated carbocycles. The molecule has 1 unspecified atom stereocenters. The van der Waals surface area contributed by atoms with Gasteiger partial charge in [0.15, 0.2) is 11.6 Å². The number of likely N-dealkylation sites (tertiary alicyclic amines) is 2. The van der Waals surface area contributed by atoms with Crippen molar-refractivity contribution < 1.29 is 13.6 Å². The molecule has 2 heterocycles. The summed E-state index contributed by atoms with van der Waals surface area (Å²) < 4.78 is 26.6. The van der Waals surface area contributed by atoms with Gasteiger partial charge in [-0.2, -0.15) is 0 Å². The molecule has 1 N–H and O–H groups in total. The Labute approximate surface area is 159 Å². The van der Waals surface area contributed by atoms with Crippen LogP contribution in [0.4, 0.5) is 8.78 Å². The minimum absolute atomic E-state index is 0.182. The Balaban J connectivity index is 1.28. The van der Waals surface area contributed by atoms with Crippen LogP contribution in [0.1, 0.15) is 44.1 Å². The predicted octanol–water partition coefficient (Wildman–Crippen LogP) is 2.92. The average Bonchev–Trinajstić information content (AvgIpc) is 3.37. The van der Waals surface area contributed by atoms with E-state index in [1.54, 1.807) is 6.07 Å². The van der Waals surface area contributed by atoms with Gasteiger partial charge in [0.25, 0.3) is 0 Å². The number of benzene rings is 1. The van der Waals surface area contributed by atoms with Gasteiger partial charge in [-0.05, 0) is 68.3 Å². The summed E-state index contributed by atoms with van der Waals surface area (Å²) in [6.07, 6.45) is 6.36. The first-order valence-electron chi connectivity index (χ1n) is 10.2. The third kappa shape index (κ3) is 4.85. The highest BCUT2D eigenvalue weighted by Gasteiger charge is 2.41. The van der Waals surface area contributed by atoms with Gasteiger partial charge in [-0.1, -0.05) is 6.07 Å². The summed E-state index contributed by atoms with van der Waals surface area (Å²) in [6, 6.07) is 4.65. The van der Waals surface area contributed by atoms with E-state index in [1.807, 2.05) is 0 Å². The van der Waals surface area contributed by atoms with E-state index < -0.39 is 11.6 Å². The van der Waals surface area contributed by atoms with Crippen LogP contribution in [0, 0.1) is 17.0 Å². The summed E-state index contributed by atoms with van der Waals surface area (Å²) in [6.45, 7) is 5.60. The zero-order valence-corrected chi connectivity index (χ0v) is 15.9. The molecule has 2 saturated heterocycles. The van der Waals surface area contributed by atoms with Crippen LogP contribution in [0.15, 0.2) is 18.2 Å². The van der Waals surface area contributed by atoms with Gasteiger partial charge >= 0.3 is 0 Å². The van der Waals surface area contributed by atoms with E-state index in [9.17, 15) is 13.6 Å². The van der Waals surface area contributed by atoms with E-state index in [-0.39, 0.29) is 11.3 Å². The van der Waals surface area contributed by atoms with Crippen LogP contribution < -0.4 is 5.32 Å². The number of halogens is 2. The van der Waals surface area contributed by atoms with Gasteiger partial charge in [0.2, 0.25) is 5.91 Å². The largest absolute Gasteiger partial charge is 0.353 e. The van der Waals surface area contributed by atoms with Crippen molar-refractivity contribution in [2.75, 3.05) is 32.7 Å². The first-order chi connectivity index (χ1) is 13.0. The molecule has 0 bridgehead atoms. The lowest BCUT2D eigenvalue weighted by atomic mass is 9.79. The SMILES string of the molecule is O=C(CCN1CCC2(CCCN(Cc3ccc(F)c(F)c3)C2)C1)NC1CC1. The normalized spacial score (nSPS) is 26.6. The summed E-state index contributed by atoms with van der Waals surface area (Å²) >= 11 is 0. The van der Waals surface area contributed by atoms with Crippen LogP contribution >= 0.6 is 0 Å². The monoisotopic (exact) mass is 377 g/mol. The second-order valence-electron chi connectivity index (χ2n) is 8.68. The highest BCUT2D eigenvalue weighted by Crippen LogP contribution is 2.39. The number of piperidine rings is 1. The van der Waals surface area contributed by atoms with Crippen molar-refractivity contribution in [1.29, 1.82) is 0 Å². The number of rotatable bonds is 6. The zero-order valence-electron chi connectivity index (χ0n) is 15.9. The number of nitrogens with one attached hydrogen (secondary N) is 1. The molecular formula is C21H29F2N3O. The number of carbonyl (C=O) groups is 1. The minimum Gasteiger partial charge on any atom is -0.353 e. The smallest absolute Gasteiger partial charge is 0.221 e. The standard InChI is InChI=1S/C21H29F2N3O/c22-18-5-2-16(12-19(18)23)13-26-9-1-7-21(15-26)8-11-25(14-21)10-6-20(27)24-17-3-4-17/h2,5,12,17H,1,3-4,6-11,13-15H2,(H,24,27). The second kappa shape index (κ2) is 7.84. The van der Waals surface area contributed by atoms with Crippen molar-refractivity contribution in [3.05, 3.63) is 35.4 Å². The zero-order chi connectivity index (χ0) is 18.9. The molecule has 0 radical (unpaired) electrons. The summed E-state index contributed by atoms with van der Waals surface area (Å²) in [4.78, 5) is 16.7. The van der Waals surface area contributed by atoms with Crippen LogP contribution in [0.2, 0.25) is 0 Å². The molecule has 2 aliphatic heterocycles. The van der Waals surface area contributed by atoms with Gasteiger partial charge in [0, 0.05) is 38.6 Å². The van der Waals surface area contributed by atoms with E-state index in [0.717, 1.165) is 64.0 Å². The van der Waals surface area contributed by atoms with Gasteiger partial charge in [0.05, 0.1) is 0 Å². The lowest BCUT2D eigenvalue weighted by Gasteiger charge is -2.40. The van der Waals surface area contributed by atoms with Crippen LogP contribution in [-0.4, -0.2) is 54.5 Å².